The third kappa shape index (κ3) is 5.11. The van der Waals surface area contributed by atoms with Crippen molar-refractivity contribution in [1.29, 1.82) is 0 Å². The van der Waals surface area contributed by atoms with Gasteiger partial charge in [0.15, 0.2) is 0 Å². The van der Waals surface area contributed by atoms with E-state index in [0.29, 0.717) is 16.9 Å². The lowest BCUT2D eigenvalue weighted by molar-refractivity contribution is -0.137. The molecule has 0 spiro atoms. The maximum absolute atomic E-state index is 13.2. The molecular formula is C24H23F3N4O2S. The van der Waals surface area contributed by atoms with Gasteiger partial charge in [-0.3, -0.25) is 9.59 Å². The van der Waals surface area contributed by atoms with Crippen LogP contribution in [0, 0.1) is 0 Å². The number of hydrogen-bond acceptors (Lipinski definition) is 4. The Hall–Kier alpha value is -3.27. The van der Waals surface area contributed by atoms with Crippen LogP contribution in [-0.2, 0) is 11.0 Å². The van der Waals surface area contributed by atoms with E-state index in [1.54, 1.807) is 6.07 Å². The SMILES string of the molecule is CSc1ccccc1NC(=O)CN(C)C(=O)c1cnn(-c2cccc(C(F)(F)F)c2)c1C1CC1. The Bertz CT molecular complexity index is 1220. The number of rotatable bonds is 7. The van der Waals surface area contributed by atoms with Crippen molar-refractivity contribution in [2.45, 2.75) is 29.8 Å². The monoisotopic (exact) mass is 488 g/mol. The minimum atomic E-state index is -4.48. The van der Waals surface area contributed by atoms with Crippen molar-refractivity contribution in [3.63, 3.8) is 0 Å². The molecule has 1 saturated carbocycles. The molecule has 6 nitrogen and oxygen atoms in total. The first-order chi connectivity index (χ1) is 16.2. The molecule has 1 aliphatic carbocycles. The van der Waals surface area contributed by atoms with E-state index in [2.05, 4.69) is 10.4 Å². The molecule has 1 heterocycles. The van der Waals surface area contributed by atoms with E-state index in [1.807, 2.05) is 24.5 Å². The molecule has 0 atom stereocenters. The topological polar surface area (TPSA) is 67.2 Å². The Kier molecular flexibility index (Phi) is 6.70. The van der Waals surface area contributed by atoms with Crippen molar-refractivity contribution in [2.75, 3.05) is 25.2 Å². The molecular weight excluding hydrogens is 465 g/mol. The number of nitrogens with zero attached hydrogens (tertiary/aromatic N) is 3. The molecule has 178 valence electrons. The van der Waals surface area contributed by atoms with Crippen LogP contribution in [-0.4, -0.2) is 46.3 Å². The molecule has 10 heteroatoms. The lowest BCUT2D eigenvalue weighted by atomic mass is 10.1. The highest BCUT2D eigenvalue weighted by molar-refractivity contribution is 7.98. The normalized spacial score (nSPS) is 13.6. The molecule has 3 aromatic rings. The first-order valence-corrected chi connectivity index (χ1v) is 11.9. The number of nitrogens with one attached hydrogen (secondary N) is 1. The first kappa shape index (κ1) is 23.9. The second-order valence-electron chi connectivity index (χ2n) is 8.09. The van der Waals surface area contributed by atoms with Gasteiger partial charge in [-0.2, -0.15) is 18.3 Å². The lowest BCUT2D eigenvalue weighted by Crippen LogP contribution is -2.35. The van der Waals surface area contributed by atoms with E-state index in [9.17, 15) is 22.8 Å². The van der Waals surface area contributed by atoms with Crippen molar-refractivity contribution in [2.24, 2.45) is 0 Å². The molecule has 34 heavy (non-hydrogen) atoms. The number of amides is 2. The molecule has 2 aromatic carbocycles. The Morgan fingerprint density at radius 3 is 2.59 bits per heavy atom. The average molecular weight is 489 g/mol. The second kappa shape index (κ2) is 9.54. The number of carbonyl (C=O) groups excluding carboxylic acids is 2. The zero-order valence-corrected chi connectivity index (χ0v) is 19.4. The molecule has 0 saturated heterocycles. The van der Waals surface area contributed by atoms with E-state index >= 15 is 0 Å². The highest BCUT2D eigenvalue weighted by Crippen LogP contribution is 2.43. The Labute approximate surface area is 199 Å². The summed E-state index contributed by atoms with van der Waals surface area (Å²) in [6, 6.07) is 12.2. The third-order valence-corrected chi connectivity index (χ3v) is 6.32. The first-order valence-electron chi connectivity index (χ1n) is 10.6. The Morgan fingerprint density at radius 2 is 1.91 bits per heavy atom. The predicted octanol–water partition coefficient (Wildman–Crippen LogP) is 5.20. The standard InChI is InChI=1S/C24H23F3N4O2S/c1-30(14-21(32)29-19-8-3-4-9-20(19)34-2)23(33)18-13-28-31(22(18)15-10-11-15)17-7-5-6-16(12-17)24(25,26)27/h3-9,12-13,15H,10-11,14H2,1-2H3,(H,29,32). The largest absolute Gasteiger partial charge is 0.416 e. The molecule has 2 amide bonds. The molecule has 0 aliphatic heterocycles. The maximum atomic E-state index is 13.2. The fourth-order valence-corrected chi connectivity index (χ4v) is 4.28. The molecule has 1 fully saturated rings. The Balaban J connectivity index is 1.55. The van der Waals surface area contributed by atoms with Gasteiger partial charge in [0.2, 0.25) is 5.91 Å². The van der Waals surface area contributed by atoms with Crippen LogP contribution in [0.2, 0.25) is 0 Å². The number of halogens is 3. The number of aromatic nitrogens is 2. The highest BCUT2D eigenvalue weighted by atomic mass is 32.2. The molecule has 0 unspecified atom stereocenters. The van der Waals surface area contributed by atoms with Gasteiger partial charge in [0.1, 0.15) is 0 Å². The van der Waals surface area contributed by atoms with E-state index in [1.165, 1.54) is 46.7 Å². The summed E-state index contributed by atoms with van der Waals surface area (Å²) >= 11 is 1.50. The number of benzene rings is 2. The number of anilines is 1. The van der Waals surface area contributed by atoms with Crippen LogP contribution in [0.1, 0.15) is 40.4 Å². The van der Waals surface area contributed by atoms with E-state index < -0.39 is 17.6 Å². The lowest BCUT2D eigenvalue weighted by Gasteiger charge is -2.18. The van der Waals surface area contributed by atoms with E-state index in [4.69, 9.17) is 0 Å². The molecule has 1 aliphatic rings. The average Bonchev–Trinajstić information content (AvgIpc) is 3.56. The van der Waals surface area contributed by atoms with Gasteiger partial charge in [-0.25, -0.2) is 4.68 Å². The zero-order chi connectivity index (χ0) is 24.5. The predicted molar refractivity (Wildman–Crippen MR) is 124 cm³/mol. The summed E-state index contributed by atoms with van der Waals surface area (Å²) in [4.78, 5) is 28.0. The second-order valence-corrected chi connectivity index (χ2v) is 8.94. The van der Waals surface area contributed by atoms with Crippen LogP contribution in [0.15, 0.2) is 59.6 Å². The maximum Gasteiger partial charge on any atom is 0.416 e. The number of alkyl halides is 3. The van der Waals surface area contributed by atoms with Crippen molar-refractivity contribution >= 4 is 29.3 Å². The summed E-state index contributed by atoms with van der Waals surface area (Å²) in [5.74, 6) is -0.726. The van der Waals surface area contributed by atoms with Gasteiger partial charge in [0.25, 0.3) is 5.91 Å². The number of hydrogen-bond donors (Lipinski definition) is 1. The smallest absolute Gasteiger partial charge is 0.332 e. The third-order valence-electron chi connectivity index (χ3n) is 5.53. The number of likely N-dealkylation sites (N-methyl/N-ethyl adjacent to an activating group) is 1. The summed E-state index contributed by atoms with van der Waals surface area (Å²) in [6.07, 6.45) is 0.432. The van der Waals surface area contributed by atoms with Gasteiger partial charge in [0.05, 0.1) is 40.9 Å². The van der Waals surface area contributed by atoms with Crippen LogP contribution in [0.5, 0.6) is 0 Å². The summed E-state index contributed by atoms with van der Waals surface area (Å²) in [5, 5.41) is 7.06. The van der Waals surface area contributed by atoms with Crippen LogP contribution in [0.4, 0.5) is 18.9 Å². The van der Waals surface area contributed by atoms with Gasteiger partial charge < -0.3 is 10.2 Å². The van der Waals surface area contributed by atoms with Gasteiger partial charge in [-0.1, -0.05) is 18.2 Å². The van der Waals surface area contributed by atoms with Gasteiger partial charge in [-0.15, -0.1) is 11.8 Å². The summed E-state index contributed by atoms with van der Waals surface area (Å²) < 4.78 is 41.0. The molecule has 1 aromatic heterocycles. The number of thioether (sulfide) groups is 1. The van der Waals surface area contributed by atoms with Crippen LogP contribution >= 0.6 is 11.8 Å². The van der Waals surface area contributed by atoms with Gasteiger partial charge >= 0.3 is 6.18 Å². The van der Waals surface area contributed by atoms with E-state index in [-0.39, 0.29) is 24.1 Å². The fourth-order valence-electron chi connectivity index (χ4n) is 3.72. The van der Waals surface area contributed by atoms with Crippen LogP contribution < -0.4 is 5.32 Å². The highest BCUT2D eigenvalue weighted by Gasteiger charge is 2.35. The molecule has 0 bridgehead atoms. The summed E-state index contributed by atoms with van der Waals surface area (Å²) in [7, 11) is 1.51. The minimum absolute atomic E-state index is 0.0340. The summed E-state index contributed by atoms with van der Waals surface area (Å²) in [5.41, 5.74) is 0.986. The van der Waals surface area contributed by atoms with Crippen LogP contribution in [0.3, 0.4) is 0 Å². The summed E-state index contributed by atoms with van der Waals surface area (Å²) in [6.45, 7) is -0.180. The zero-order valence-electron chi connectivity index (χ0n) is 18.6. The van der Waals surface area contributed by atoms with Crippen molar-refractivity contribution in [1.82, 2.24) is 14.7 Å². The fraction of sp³-hybridized carbons (Fsp3) is 0.292. The van der Waals surface area contributed by atoms with Gasteiger partial charge in [-0.05, 0) is 49.4 Å². The minimum Gasteiger partial charge on any atom is -0.332 e. The van der Waals surface area contributed by atoms with Crippen molar-refractivity contribution in [3.05, 3.63) is 71.5 Å². The molecule has 0 radical (unpaired) electrons. The van der Waals surface area contributed by atoms with E-state index in [0.717, 1.165) is 29.9 Å². The molecule has 1 N–H and O–H groups in total. The van der Waals surface area contributed by atoms with Gasteiger partial charge in [0, 0.05) is 17.9 Å². The quantitative estimate of drug-likeness (QED) is 0.464. The molecule has 4 rings (SSSR count). The number of carbonyl (C=O) groups is 2. The number of para-hydroxylation sites is 1. The van der Waals surface area contributed by atoms with Crippen molar-refractivity contribution < 1.29 is 22.8 Å². The van der Waals surface area contributed by atoms with Crippen LogP contribution in [0.25, 0.3) is 5.69 Å². The Morgan fingerprint density at radius 1 is 1.18 bits per heavy atom. The van der Waals surface area contributed by atoms with Crippen molar-refractivity contribution in [3.8, 4) is 5.69 Å².